The lowest BCUT2D eigenvalue weighted by molar-refractivity contribution is -0.142. The van der Waals surface area contributed by atoms with E-state index in [9.17, 15) is 4.79 Å². The third-order valence-electron chi connectivity index (χ3n) is 5.27. The summed E-state index contributed by atoms with van der Waals surface area (Å²) in [7, 11) is 1.47. The quantitative estimate of drug-likeness (QED) is 0.783. The molecule has 1 saturated heterocycles. The predicted molar refractivity (Wildman–Crippen MR) is 77.5 cm³/mol. The third kappa shape index (κ3) is 1.68. The second-order valence-electron chi connectivity index (χ2n) is 6.61. The molecule has 3 atom stereocenters. The Hall–Kier alpha value is -2.18. The van der Waals surface area contributed by atoms with E-state index in [2.05, 4.69) is 26.3 Å². The third-order valence-corrected chi connectivity index (χ3v) is 5.27. The number of carbonyl (C=O) groups excluding carboxylic acids is 1. The van der Waals surface area contributed by atoms with Crippen molar-refractivity contribution in [2.75, 3.05) is 25.1 Å². The lowest BCUT2D eigenvalue weighted by atomic mass is 10.2. The highest BCUT2D eigenvalue weighted by atomic mass is 16.5. The molecule has 0 amide bonds. The molecule has 0 bridgehead atoms. The van der Waals surface area contributed by atoms with Crippen LogP contribution in [0, 0.1) is 17.8 Å². The van der Waals surface area contributed by atoms with Crippen LogP contribution in [0.4, 0.5) is 5.69 Å². The summed E-state index contributed by atoms with van der Waals surface area (Å²) in [5, 5.41) is 12.8. The summed E-state index contributed by atoms with van der Waals surface area (Å²) >= 11 is 0. The van der Waals surface area contributed by atoms with Gasteiger partial charge >= 0.3 is 5.97 Å². The van der Waals surface area contributed by atoms with Gasteiger partial charge in [-0.25, -0.2) is 0 Å². The summed E-state index contributed by atoms with van der Waals surface area (Å²) in [6.07, 6.45) is 4.10. The van der Waals surface area contributed by atoms with Crippen LogP contribution in [-0.2, 0) is 9.53 Å². The molecule has 7 nitrogen and oxygen atoms in total. The number of methoxy groups -OCH3 is 1. The number of ether oxygens (including phenoxy) is 1. The first-order valence-electron chi connectivity index (χ1n) is 7.80. The molecular formula is C15H17N5O2. The lowest BCUT2D eigenvalue weighted by Gasteiger charge is -2.22. The number of fused-ring (bicyclic) bond motifs is 2. The first-order valence-corrected chi connectivity index (χ1v) is 7.80. The molecule has 114 valence electrons. The van der Waals surface area contributed by atoms with Gasteiger partial charge in [0.15, 0.2) is 0 Å². The van der Waals surface area contributed by atoms with Gasteiger partial charge in [0.2, 0.25) is 5.65 Å². The topological polar surface area (TPSA) is 72.6 Å². The molecule has 0 aromatic carbocycles. The maximum Gasteiger partial charge on any atom is 0.309 e. The molecule has 0 N–H and O–H groups in total. The maximum absolute atomic E-state index is 11.7. The van der Waals surface area contributed by atoms with E-state index < -0.39 is 0 Å². The van der Waals surface area contributed by atoms with Crippen molar-refractivity contribution in [1.82, 2.24) is 19.8 Å². The Morgan fingerprint density at radius 2 is 2.09 bits per heavy atom. The molecule has 5 rings (SSSR count). The van der Waals surface area contributed by atoms with Gasteiger partial charge in [-0.2, -0.15) is 9.61 Å². The summed E-state index contributed by atoms with van der Waals surface area (Å²) in [5.74, 6) is 1.47. The van der Waals surface area contributed by atoms with Crippen molar-refractivity contribution in [3.05, 3.63) is 18.1 Å². The van der Waals surface area contributed by atoms with Crippen LogP contribution >= 0.6 is 0 Å². The fraction of sp³-hybridized carbons (Fsp3) is 0.600. The van der Waals surface area contributed by atoms with Gasteiger partial charge in [0, 0.05) is 19.0 Å². The zero-order valence-electron chi connectivity index (χ0n) is 12.3. The molecule has 3 heterocycles. The Labute approximate surface area is 127 Å². The molecule has 1 unspecified atom stereocenters. The summed E-state index contributed by atoms with van der Waals surface area (Å²) in [5.41, 5.74) is 3.04. The minimum Gasteiger partial charge on any atom is -0.469 e. The van der Waals surface area contributed by atoms with Crippen molar-refractivity contribution in [1.29, 1.82) is 0 Å². The zero-order valence-corrected chi connectivity index (χ0v) is 12.3. The number of hydrogen-bond donors (Lipinski definition) is 0. The fourth-order valence-corrected chi connectivity index (χ4v) is 3.85. The molecule has 0 spiro atoms. The molecule has 2 aromatic heterocycles. The number of piperidine rings is 1. The van der Waals surface area contributed by atoms with Crippen LogP contribution in [-0.4, -0.2) is 46.0 Å². The number of esters is 1. The Kier molecular flexibility index (Phi) is 2.35. The normalized spacial score (nSPS) is 29.7. The zero-order chi connectivity index (χ0) is 14.8. The van der Waals surface area contributed by atoms with E-state index in [4.69, 9.17) is 4.74 Å². The lowest BCUT2D eigenvalue weighted by Crippen LogP contribution is -2.27. The van der Waals surface area contributed by atoms with E-state index in [1.54, 1.807) is 10.8 Å². The predicted octanol–water partition coefficient (Wildman–Crippen LogP) is 0.857. The smallest absolute Gasteiger partial charge is 0.309 e. The van der Waals surface area contributed by atoms with Crippen molar-refractivity contribution in [2.24, 2.45) is 17.8 Å². The average Bonchev–Trinajstić information content (AvgIpc) is 3.40. The van der Waals surface area contributed by atoms with Crippen molar-refractivity contribution < 1.29 is 9.53 Å². The van der Waals surface area contributed by atoms with Crippen LogP contribution in [0.2, 0.25) is 0 Å². The first kappa shape index (κ1) is 12.4. The molecule has 3 aliphatic rings. The standard InChI is InChI=1S/C15H17N5O2/c1-22-15(21)13-9-5-19(6-10(9)13)12-4-11(8-2-3-8)18-20-7-16-17-14(12)20/h4,7-10,13H,2-3,5-6H2,1H3/t9-,10+,13?. The molecule has 3 fully saturated rings. The molecule has 0 radical (unpaired) electrons. The fourth-order valence-electron chi connectivity index (χ4n) is 3.85. The van der Waals surface area contributed by atoms with Crippen molar-refractivity contribution in [3.63, 3.8) is 0 Å². The largest absolute Gasteiger partial charge is 0.469 e. The minimum absolute atomic E-state index is 0.0596. The molecule has 7 heteroatoms. The van der Waals surface area contributed by atoms with E-state index in [1.807, 2.05) is 0 Å². The van der Waals surface area contributed by atoms with Gasteiger partial charge in [-0.05, 0) is 30.7 Å². The van der Waals surface area contributed by atoms with E-state index in [0.29, 0.717) is 17.8 Å². The van der Waals surface area contributed by atoms with Crippen molar-refractivity contribution >= 4 is 17.3 Å². The van der Waals surface area contributed by atoms with E-state index in [-0.39, 0.29) is 11.9 Å². The Bertz CT molecular complexity index is 756. The van der Waals surface area contributed by atoms with E-state index >= 15 is 0 Å². The number of anilines is 1. The highest BCUT2D eigenvalue weighted by Gasteiger charge is 2.60. The van der Waals surface area contributed by atoms with E-state index in [0.717, 1.165) is 30.1 Å². The molecule has 1 aliphatic heterocycles. The molecule has 22 heavy (non-hydrogen) atoms. The van der Waals surface area contributed by atoms with E-state index in [1.165, 1.54) is 20.0 Å². The number of nitrogens with zero attached hydrogens (tertiary/aromatic N) is 5. The number of rotatable bonds is 3. The Morgan fingerprint density at radius 3 is 2.77 bits per heavy atom. The van der Waals surface area contributed by atoms with Crippen LogP contribution in [0.15, 0.2) is 12.4 Å². The monoisotopic (exact) mass is 299 g/mol. The van der Waals surface area contributed by atoms with Crippen LogP contribution in [0.25, 0.3) is 5.65 Å². The highest BCUT2D eigenvalue weighted by Crippen LogP contribution is 2.53. The van der Waals surface area contributed by atoms with Gasteiger partial charge in [0.05, 0.1) is 24.4 Å². The molecule has 2 saturated carbocycles. The van der Waals surface area contributed by atoms with Crippen LogP contribution in [0.1, 0.15) is 24.5 Å². The van der Waals surface area contributed by atoms with Gasteiger partial charge in [-0.3, -0.25) is 4.79 Å². The van der Waals surface area contributed by atoms with Gasteiger partial charge in [-0.1, -0.05) is 0 Å². The molecule has 2 aliphatic carbocycles. The average molecular weight is 299 g/mol. The first-order chi connectivity index (χ1) is 10.8. The van der Waals surface area contributed by atoms with Gasteiger partial charge in [-0.15, -0.1) is 10.2 Å². The van der Waals surface area contributed by atoms with Crippen LogP contribution < -0.4 is 4.90 Å². The minimum atomic E-state index is -0.0596. The maximum atomic E-state index is 11.7. The van der Waals surface area contributed by atoms with Crippen molar-refractivity contribution in [3.8, 4) is 0 Å². The summed E-state index contributed by atoms with van der Waals surface area (Å²) in [6.45, 7) is 1.78. The van der Waals surface area contributed by atoms with Crippen molar-refractivity contribution in [2.45, 2.75) is 18.8 Å². The van der Waals surface area contributed by atoms with Crippen LogP contribution in [0.5, 0.6) is 0 Å². The number of carbonyl (C=O) groups is 1. The highest BCUT2D eigenvalue weighted by molar-refractivity contribution is 5.78. The van der Waals surface area contributed by atoms with Crippen LogP contribution in [0.3, 0.4) is 0 Å². The summed E-state index contributed by atoms with van der Waals surface area (Å²) < 4.78 is 6.66. The Morgan fingerprint density at radius 1 is 1.32 bits per heavy atom. The van der Waals surface area contributed by atoms with Gasteiger partial charge in [0.1, 0.15) is 6.33 Å². The second kappa shape index (κ2) is 4.18. The summed E-state index contributed by atoms with van der Waals surface area (Å²) in [4.78, 5) is 14.0. The molecular weight excluding hydrogens is 282 g/mol. The SMILES string of the molecule is COC(=O)C1[C@H]2CN(c3cc(C4CC4)nn4cnnc34)C[C@@H]12. The number of aromatic nitrogens is 4. The Balaban J connectivity index is 1.46. The summed E-state index contributed by atoms with van der Waals surface area (Å²) in [6, 6.07) is 2.17. The second-order valence-corrected chi connectivity index (χ2v) is 6.61. The van der Waals surface area contributed by atoms with Gasteiger partial charge < -0.3 is 9.64 Å². The molecule has 2 aromatic rings. The van der Waals surface area contributed by atoms with Gasteiger partial charge in [0.25, 0.3) is 0 Å². The number of hydrogen-bond acceptors (Lipinski definition) is 6.